The monoisotopic (exact) mass is 376 g/mol. The van der Waals surface area contributed by atoms with E-state index in [1.54, 1.807) is 24.3 Å². The third-order valence-corrected chi connectivity index (χ3v) is 3.59. The Labute approximate surface area is 152 Å². The van der Waals surface area contributed by atoms with Crippen LogP contribution in [0.3, 0.4) is 0 Å². The third kappa shape index (κ3) is 4.25. The number of ether oxygens (including phenoxy) is 1. The topological polar surface area (TPSA) is 69.0 Å². The van der Waals surface area contributed by atoms with Crippen molar-refractivity contribution in [1.29, 1.82) is 0 Å². The predicted octanol–water partition coefficient (Wildman–Crippen LogP) is 4.08. The minimum absolute atomic E-state index is 0.323. The molecule has 3 rings (SSSR count). The number of nitrogens with one attached hydrogen (secondary N) is 1. The average molecular weight is 376 g/mol. The molecule has 0 radical (unpaired) electrons. The van der Waals surface area contributed by atoms with Crippen molar-refractivity contribution in [2.75, 3.05) is 11.9 Å². The van der Waals surface area contributed by atoms with Crippen molar-refractivity contribution < 1.29 is 22.7 Å². The number of nitrogens with zero attached hydrogens (tertiary/aromatic N) is 3. The van der Waals surface area contributed by atoms with Gasteiger partial charge in [0.05, 0.1) is 5.69 Å². The average Bonchev–Trinajstić information content (AvgIpc) is 3.05. The van der Waals surface area contributed by atoms with Crippen molar-refractivity contribution in [3.63, 3.8) is 0 Å². The molecule has 6 nitrogen and oxygen atoms in total. The van der Waals surface area contributed by atoms with Crippen LogP contribution in [0.2, 0.25) is 0 Å². The lowest BCUT2D eigenvalue weighted by Gasteiger charge is -2.10. The van der Waals surface area contributed by atoms with Crippen LogP contribution >= 0.6 is 0 Å². The van der Waals surface area contributed by atoms with E-state index >= 15 is 0 Å². The second-order valence-electron chi connectivity index (χ2n) is 5.45. The molecular formula is C18H15F3N4O2. The van der Waals surface area contributed by atoms with E-state index in [0.717, 1.165) is 0 Å². The molecule has 1 heterocycles. The zero-order valence-electron chi connectivity index (χ0n) is 14.2. The van der Waals surface area contributed by atoms with Crippen LogP contribution in [0.1, 0.15) is 17.3 Å². The first-order valence-electron chi connectivity index (χ1n) is 8.03. The van der Waals surface area contributed by atoms with Gasteiger partial charge in [-0.25, -0.2) is 0 Å². The fourth-order valence-electron chi connectivity index (χ4n) is 2.47. The van der Waals surface area contributed by atoms with Crippen molar-refractivity contribution in [1.82, 2.24) is 14.8 Å². The van der Waals surface area contributed by atoms with E-state index in [9.17, 15) is 18.0 Å². The molecule has 3 aromatic rings. The smallest absolute Gasteiger partial charge is 0.406 e. The number of aromatic nitrogens is 3. The van der Waals surface area contributed by atoms with E-state index in [1.165, 1.54) is 28.9 Å². The van der Waals surface area contributed by atoms with E-state index in [-0.39, 0.29) is 5.75 Å². The van der Waals surface area contributed by atoms with E-state index in [0.29, 0.717) is 41.4 Å². The maximum absolute atomic E-state index is 12.3. The van der Waals surface area contributed by atoms with Gasteiger partial charge in [-0.05, 0) is 31.2 Å². The minimum Gasteiger partial charge on any atom is -0.406 e. The van der Waals surface area contributed by atoms with Crippen LogP contribution in [0.4, 0.5) is 19.1 Å². The molecule has 0 saturated carbocycles. The van der Waals surface area contributed by atoms with Gasteiger partial charge in [0.2, 0.25) is 5.95 Å². The first-order chi connectivity index (χ1) is 12.9. The molecule has 27 heavy (non-hydrogen) atoms. The van der Waals surface area contributed by atoms with Gasteiger partial charge in [-0.2, -0.15) is 9.67 Å². The molecule has 0 aliphatic rings. The number of hydrogen-bond acceptors (Lipinski definition) is 5. The van der Waals surface area contributed by atoms with Gasteiger partial charge in [0, 0.05) is 17.7 Å². The number of carbonyl (C=O) groups is 1. The summed E-state index contributed by atoms with van der Waals surface area (Å²) in [7, 11) is 0. The Morgan fingerprint density at radius 3 is 2.48 bits per heavy atom. The molecule has 0 unspecified atom stereocenters. The minimum atomic E-state index is -4.75. The Balaban J connectivity index is 2.00. The number of halogens is 3. The summed E-state index contributed by atoms with van der Waals surface area (Å²) >= 11 is 0. The van der Waals surface area contributed by atoms with E-state index in [1.807, 2.05) is 6.92 Å². The number of aldehydes is 1. The molecule has 0 aliphatic heterocycles. The fraction of sp³-hybridized carbons (Fsp3) is 0.167. The number of rotatable bonds is 6. The standard InChI is InChI=1S/C18H15F3N4O2/c1-2-22-17-23-16(15-6-4-3-5-12(15)11-26)24-25(17)13-7-9-14(10-8-13)27-18(19,20)21/h3-11H,2H2,1H3,(H,22,23,24). The van der Waals surface area contributed by atoms with Crippen LogP contribution in [-0.4, -0.2) is 34.0 Å². The zero-order chi connectivity index (χ0) is 19.4. The summed E-state index contributed by atoms with van der Waals surface area (Å²) in [5, 5.41) is 7.45. The number of benzene rings is 2. The van der Waals surface area contributed by atoms with Gasteiger partial charge in [-0.15, -0.1) is 18.3 Å². The third-order valence-electron chi connectivity index (χ3n) is 3.59. The van der Waals surface area contributed by atoms with Crippen molar-refractivity contribution >= 4 is 12.2 Å². The van der Waals surface area contributed by atoms with Crippen molar-refractivity contribution in [2.45, 2.75) is 13.3 Å². The van der Waals surface area contributed by atoms with Crippen LogP contribution in [-0.2, 0) is 0 Å². The maximum atomic E-state index is 12.3. The summed E-state index contributed by atoms with van der Waals surface area (Å²) in [5.74, 6) is 0.393. The summed E-state index contributed by atoms with van der Waals surface area (Å²) in [6.45, 7) is 2.43. The van der Waals surface area contributed by atoms with Crippen LogP contribution in [0, 0.1) is 0 Å². The molecule has 0 saturated heterocycles. The second kappa shape index (κ2) is 7.48. The van der Waals surface area contributed by atoms with Crippen LogP contribution in [0.15, 0.2) is 48.5 Å². The van der Waals surface area contributed by atoms with Crippen LogP contribution in [0.25, 0.3) is 17.1 Å². The first-order valence-corrected chi connectivity index (χ1v) is 8.03. The molecule has 0 aliphatic carbocycles. The lowest BCUT2D eigenvalue weighted by molar-refractivity contribution is -0.274. The molecule has 0 bridgehead atoms. The van der Waals surface area contributed by atoms with E-state index in [2.05, 4.69) is 20.1 Å². The van der Waals surface area contributed by atoms with E-state index in [4.69, 9.17) is 0 Å². The van der Waals surface area contributed by atoms with Crippen molar-refractivity contribution in [3.05, 3.63) is 54.1 Å². The summed E-state index contributed by atoms with van der Waals surface area (Å²) in [6.07, 6.45) is -4.04. The van der Waals surface area contributed by atoms with Gasteiger partial charge in [-0.3, -0.25) is 4.79 Å². The summed E-state index contributed by atoms with van der Waals surface area (Å²) in [5.41, 5.74) is 1.48. The molecule has 0 spiro atoms. The SMILES string of the molecule is CCNc1nc(-c2ccccc2C=O)nn1-c1ccc(OC(F)(F)F)cc1. The molecular weight excluding hydrogens is 361 g/mol. The summed E-state index contributed by atoms with van der Waals surface area (Å²) < 4.78 is 42.2. The zero-order valence-corrected chi connectivity index (χ0v) is 14.2. The molecule has 2 aromatic carbocycles. The van der Waals surface area contributed by atoms with Crippen molar-refractivity contribution in [3.8, 4) is 22.8 Å². The highest BCUT2D eigenvalue weighted by atomic mass is 19.4. The Morgan fingerprint density at radius 2 is 1.85 bits per heavy atom. The van der Waals surface area contributed by atoms with Crippen LogP contribution in [0.5, 0.6) is 5.75 Å². The first kappa shape index (κ1) is 18.4. The van der Waals surface area contributed by atoms with E-state index < -0.39 is 6.36 Å². The highest BCUT2D eigenvalue weighted by Gasteiger charge is 2.31. The molecule has 0 fully saturated rings. The van der Waals surface area contributed by atoms with Gasteiger partial charge in [-0.1, -0.05) is 24.3 Å². The number of hydrogen-bond donors (Lipinski definition) is 1. The number of alkyl halides is 3. The highest BCUT2D eigenvalue weighted by molar-refractivity contribution is 5.85. The fourth-order valence-corrected chi connectivity index (χ4v) is 2.47. The summed E-state index contributed by atoms with van der Waals surface area (Å²) in [4.78, 5) is 15.7. The normalized spacial score (nSPS) is 11.3. The largest absolute Gasteiger partial charge is 0.573 e. The predicted molar refractivity (Wildman–Crippen MR) is 93.0 cm³/mol. The Bertz CT molecular complexity index is 937. The van der Waals surface area contributed by atoms with Gasteiger partial charge in [0.25, 0.3) is 0 Å². The molecule has 9 heteroatoms. The molecule has 0 atom stereocenters. The molecule has 1 N–H and O–H groups in total. The van der Waals surface area contributed by atoms with Gasteiger partial charge in [0.15, 0.2) is 12.1 Å². The van der Waals surface area contributed by atoms with Gasteiger partial charge >= 0.3 is 6.36 Å². The van der Waals surface area contributed by atoms with Crippen LogP contribution < -0.4 is 10.1 Å². The Hall–Kier alpha value is -3.36. The number of carbonyl (C=O) groups excluding carboxylic acids is 1. The summed E-state index contributed by atoms with van der Waals surface area (Å²) in [6, 6.07) is 12.1. The quantitative estimate of drug-likeness (QED) is 0.657. The van der Waals surface area contributed by atoms with Crippen molar-refractivity contribution in [2.24, 2.45) is 0 Å². The maximum Gasteiger partial charge on any atom is 0.573 e. The lowest BCUT2D eigenvalue weighted by Crippen LogP contribution is -2.17. The second-order valence-corrected chi connectivity index (χ2v) is 5.45. The molecule has 1 aromatic heterocycles. The Kier molecular flexibility index (Phi) is 5.11. The highest BCUT2D eigenvalue weighted by Crippen LogP contribution is 2.26. The van der Waals surface area contributed by atoms with Gasteiger partial charge < -0.3 is 10.1 Å². The van der Waals surface area contributed by atoms with Gasteiger partial charge in [0.1, 0.15) is 5.75 Å². The number of anilines is 1. The molecule has 140 valence electrons. The Morgan fingerprint density at radius 1 is 1.15 bits per heavy atom. The molecule has 0 amide bonds. The lowest BCUT2D eigenvalue weighted by atomic mass is 10.1.